The predicted molar refractivity (Wildman–Crippen MR) is 83.6 cm³/mol. The first-order valence-electron chi connectivity index (χ1n) is 6.39. The minimum absolute atomic E-state index is 0.0743. The number of anilines is 2. The molecule has 0 aliphatic heterocycles. The summed E-state index contributed by atoms with van der Waals surface area (Å²) in [6.45, 7) is 2.27. The Kier molecular flexibility index (Phi) is 4.50. The number of nitrogen functional groups attached to an aromatic ring is 1. The molecule has 2 aromatic rings. The van der Waals surface area contributed by atoms with Crippen molar-refractivity contribution in [3.8, 4) is 0 Å². The van der Waals surface area contributed by atoms with E-state index < -0.39 is 10.0 Å². The van der Waals surface area contributed by atoms with Crippen LogP contribution in [0.15, 0.2) is 47.4 Å². The third-order valence-electron chi connectivity index (χ3n) is 2.95. The van der Waals surface area contributed by atoms with Crippen LogP contribution in [0.1, 0.15) is 11.1 Å². The minimum atomic E-state index is -3.71. The van der Waals surface area contributed by atoms with Gasteiger partial charge in [-0.3, -0.25) is 4.72 Å². The molecule has 5 nitrogen and oxygen atoms in total. The fourth-order valence-corrected chi connectivity index (χ4v) is 3.18. The van der Waals surface area contributed by atoms with E-state index in [1.54, 1.807) is 37.4 Å². The maximum atomic E-state index is 12.4. The van der Waals surface area contributed by atoms with E-state index in [4.69, 9.17) is 10.5 Å². The number of aryl methyl sites for hydroxylation is 1. The van der Waals surface area contributed by atoms with Crippen molar-refractivity contribution in [2.45, 2.75) is 18.4 Å². The normalized spacial score (nSPS) is 11.3. The molecule has 0 aliphatic carbocycles. The summed E-state index contributed by atoms with van der Waals surface area (Å²) < 4.78 is 32.3. The molecule has 0 amide bonds. The molecule has 0 bridgehead atoms. The van der Waals surface area contributed by atoms with E-state index in [0.29, 0.717) is 12.3 Å². The third-order valence-corrected chi connectivity index (χ3v) is 4.40. The zero-order chi connectivity index (χ0) is 15.5. The van der Waals surface area contributed by atoms with Gasteiger partial charge in [0.15, 0.2) is 0 Å². The maximum Gasteiger partial charge on any atom is 0.263 e. The van der Waals surface area contributed by atoms with Gasteiger partial charge in [0.2, 0.25) is 0 Å². The average molecular weight is 306 g/mol. The average Bonchev–Trinajstić information content (AvgIpc) is 2.38. The summed E-state index contributed by atoms with van der Waals surface area (Å²) in [6.07, 6.45) is 0. The Morgan fingerprint density at radius 2 is 1.95 bits per heavy atom. The Bertz CT molecular complexity index is 742. The molecule has 0 radical (unpaired) electrons. The van der Waals surface area contributed by atoms with Gasteiger partial charge >= 0.3 is 0 Å². The number of rotatable bonds is 5. The van der Waals surface area contributed by atoms with Crippen molar-refractivity contribution in [2.24, 2.45) is 0 Å². The first-order valence-corrected chi connectivity index (χ1v) is 7.87. The maximum absolute atomic E-state index is 12.4. The molecule has 0 aliphatic rings. The van der Waals surface area contributed by atoms with Crippen LogP contribution in [0, 0.1) is 6.92 Å². The summed E-state index contributed by atoms with van der Waals surface area (Å²) in [5.74, 6) is 0. The highest BCUT2D eigenvalue weighted by molar-refractivity contribution is 7.92. The molecule has 0 saturated carbocycles. The van der Waals surface area contributed by atoms with Crippen LogP contribution in [0.4, 0.5) is 11.4 Å². The lowest BCUT2D eigenvalue weighted by Gasteiger charge is -2.11. The van der Waals surface area contributed by atoms with E-state index in [9.17, 15) is 8.42 Å². The first-order chi connectivity index (χ1) is 9.92. The quantitative estimate of drug-likeness (QED) is 0.832. The molecule has 0 atom stereocenters. The fourth-order valence-electron chi connectivity index (χ4n) is 2.01. The number of ether oxygens (including phenoxy) is 1. The summed E-state index contributed by atoms with van der Waals surface area (Å²) in [5, 5.41) is 0. The van der Waals surface area contributed by atoms with Crippen molar-refractivity contribution in [1.82, 2.24) is 0 Å². The van der Waals surface area contributed by atoms with Crippen LogP contribution in [0.3, 0.4) is 0 Å². The second kappa shape index (κ2) is 6.15. The van der Waals surface area contributed by atoms with Gasteiger partial charge in [0, 0.05) is 12.8 Å². The zero-order valence-electron chi connectivity index (χ0n) is 12.0. The van der Waals surface area contributed by atoms with Crippen molar-refractivity contribution < 1.29 is 13.2 Å². The minimum Gasteiger partial charge on any atom is -0.398 e. The number of methoxy groups -OCH3 is 1. The SMILES string of the molecule is COCc1cccc(NS(=O)(=O)c2ccc(C)cc2N)c1. The molecule has 112 valence electrons. The van der Waals surface area contributed by atoms with E-state index in [1.807, 2.05) is 13.0 Å². The summed E-state index contributed by atoms with van der Waals surface area (Å²) >= 11 is 0. The molecule has 0 aromatic heterocycles. The van der Waals surface area contributed by atoms with Crippen molar-refractivity contribution in [1.29, 1.82) is 0 Å². The van der Waals surface area contributed by atoms with Crippen LogP contribution in [0.25, 0.3) is 0 Å². The molecule has 2 rings (SSSR count). The van der Waals surface area contributed by atoms with Crippen molar-refractivity contribution in [3.05, 3.63) is 53.6 Å². The molecule has 0 fully saturated rings. The zero-order valence-corrected chi connectivity index (χ0v) is 12.8. The van der Waals surface area contributed by atoms with Gasteiger partial charge in [-0.2, -0.15) is 0 Å². The van der Waals surface area contributed by atoms with Crippen LogP contribution < -0.4 is 10.5 Å². The largest absolute Gasteiger partial charge is 0.398 e. The summed E-state index contributed by atoms with van der Waals surface area (Å²) in [4.78, 5) is 0.0743. The Balaban J connectivity index is 2.31. The Morgan fingerprint density at radius 3 is 2.62 bits per heavy atom. The predicted octanol–water partition coefficient (Wildman–Crippen LogP) is 2.52. The highest BCUT2D eigenvalue weighted by atomic mass is 32.2. The Morgan fingerprint density at radius 1 is 1.19 bits per heavy atom. The highest BCUT2D eigenvalue weighted by Gasteiger charge is 2.17. The van der Waals surface area contributed by atoms with Crippen LogP contribution in [-0.2, 0) is 21.4 Å². The summed E-state index contributed by atoms with van der Waals surface area (Å²) in [7, 11) is -2.12. The van der Waals surface area contributed by atoms with Gasteiger partial charge in [-0.25, -0.2) is 8.42 Å². The number of hydrogen-bond donors (Lipinski definition) is 2. The third kappa shape index (κ3) is 3.74. The van der Waals surface area contributed by atoms with Crippen LogP contribution in [0.2, 0.25) is 0 Å². The van der Waals surface area contributed by atoms with Gasteiger partial charge in [0.25, 0.3) is 10.0 Å². The smallest absolute Gasteiger partial charge is 0.263 e. The van der Waals surface area contributed by atoms with Gasteiger partial charge in [0.05, 0.1) is 12.3 Å². The molecular weight excluding hydrogens is 288 g/mol. The molecule has 0 spiro atoms. The molecule has 0 heterocycles. The molecule has 2 aromatic carbocycles. The van der Waals surface area contributed by atoms with E-state index in [1.165, 1.54) is 6.07 Å². The lowest BCUT2D eigenvalue weighted by Crippen LogP contribution is -2.15. The van der Waals surface area contributed by atoms with Crippen molar-refractivity contribution in [3.63, 3.8) is 0 Å². The number of benzene rings is 2. The summed E-state index contributed by atoms with van der Waals surface area (Å²) in [6, 6.07) is 11.9. The lowest BCUT2D eigenvalue weighted by atomic mass is 10.2. The van der Waals surface area contributed by atoms with E-state index in [0.717, 1.165) is 11.1 Å². The van der Waals surface area contributed by atoms with Crippen molar-refractivity contribution >= 4 is 21.4 Å². The van der Waals surface area contributed by atoms with Gasteiger partial charge in [-0.1, -0.05) is 18.2 Å². The van der Waals surface area contributed by atoms with Crippen LogP contribution >= 0.6 is 0 Å². The standard InChI is InChI=1S/C15H18N2O3S/c1-11-6-7-15(14(16)8-11)21(18,19)17-13-5-3-4-12(9-13)10-20-2/h3-9,17H,10,16H2,1-2H3. The Labute approximate surface area is 124 Å². The van der Waals surface area contributed by atoms with Crippen molar-refractivity contribution in [2.75, 3.05) is 17.6 Å². The van der Waals surface area contributed by atoms with Gasteiger partial charge < -0.3 is 10.5 Å². The van der Waals surface area contributed by atoms with Crippen LogP contribution in [0.5, 0.6) is 0 Å². The monoisotopic (exact) mass is 306 g/mol. The van der Waals surface area contributed by atoms with Gasteiger partial charge in [0.1, 0.15) is 4.90 Å². The second-order valence-electron chi connectivity index (χ2n) is 4.78. The summed E-state index contributed by atoms with van der Waals surface area (Å²) in [5.41, 5.74) is 8.30. The number of nitrogens with two attached hydrogens (primary N) is 1. The van der Waals surface area contributed by atoms with Gasteiger partial charge in [-0.05, 0) is 42.3 Å². The highest BCUT2D eigenvalue weighted by Crippen LogP contribution is 2.23. The second-order valence-corrected chi connectivity index (χ2v) is 6.43. The van der Waals surface area contributed by atoms with Crippen LogP contribution in [-0.4, -0.2) is 15.5 Å². The fraction of sp³-hybridized carbons (Fsp3) is 0.200. The molecule has 0 saturated heterocycles. The molecule has 21 heavy (non-hydrogen) atoms. The number of hydrogen-bond acceptors (Lipinski definition) is 4. The van der Waals surface area contributed by atoms with E-state index in [-0.39, 0.29) is 10.6 Å². The molecular formula is C15H18N2O3S. The van der Waals surface area contributed by atoms with E-state index >= 15 is 0 Å². The van der Waals surface area contributed by atoms with E-state index in [2.05, 4.69) is 4.72 Å². The first kappa shape index (κ1) is 15.3. The topological polar surface area (TPSA) is 81.4 Å². The molecule has 3 N–H and O–H groups in total. The Hall–Kier alpha value is -2.05. The number of nitrogens with one attached hydrogen (secondary N) is 1. The molecule has 0 unspecified atom stereocenters. The molecule has 6 heteroatoms. The van der Waals surface area contributed by atoms with Gasteiger partial charge in [-0.15, -0.1) is 0 Å². The number of sulfonamides is 1. The lowest BCUT2D eigenvalue weighted by molar-refractivity contribution is 0.185.